The zero-order chi connectivity index (χ0) is 38.3. The summed E-state index contributed by atoms with van der Waals surface area (Å²) in [6, 6.07) is 68.4. The summed E-state index contributed by atoms with van der Waals surface area (Å²) in [6.07, 6.45) is 0. The third-order valence-corrected chi connectivity index (χ3v) is 11.9. The molecule has 2 heterocycles. The lowest BCUT2D eigenvalue weighted by Crippen LogP contribution is -2.02. The Bertz CT molecular complexity index is 3020. The van der Waals surface area contributed by atoms with Gasteiger partial charge in [0.05, 0.1) is 16.7 Å². The minimum atomic E-state index is 0.618. The van der Waals surface area contributed by atoms with Gasteiger partial charge in [-0.3, -0.25) is 0 Å². The fourth-order valence-corrected chi connectivity index (χ4v) is 8.85. The first-order valence-corrected chi connectivity index (χ1v) is 20.1. The molecular weight excluding hydrogens is 808 g/mol. The molecule has 0 saturated heterocycles. The van der Waals surface area contributed by atoms with Crippen LogP contribution in [0.5, 0.6) is 0 Å². The lowest BCUT2D eigenvalue weighted by molar-refractivity contribution is 1.07. The van der Waals surface area contributed by atoms with Gasteiger partial charge in [0.1, 0.15) is 0 Å². The number of benzene rings is 8. The normalized spacial score (nSPS) is 11.3. The van der Waals surface area contributed by atoms with Crippen molar-refractivity contribution in [3.05, 3.63) is 203 Å². The second kappa shape index (κ2) is 14.8. The number of halogens is 1. The van der Waals surface area contributed by atoms with Crippen LogP contribution in [0, 0.1) is 10.5 Å². The van der Waals surface area contributed by atoms with Gasteiger partial charge in [-0.05, 0) is 81.1 Å². The Balaban J connectivity index is 1.22. The lowest BCUT2D eigenvalue weighted by Gasteiger charge is -2.17. The molecule has 0 aliphatic carbocycles. The van der Waals surface area contributed by atoms with Gasteiger partial charge >= 0.3 is 0 Å². The second-order valence-electron chi connectivity index (χ2n) is 14.2. The minimum Gasteiger partial charge on any atom is -0.309 e. The van der Waals surface area contributed by atoms with Crippen LogP contribution in [-0.4, -0.2) is 19.5 Å². The zero-order valence-electron chi connectivity index (χ0n) is 31.1. The molecule has 4 nitrogen and oxygen atoms in total. The van der Waals surface area contributed by atoms with E-state index in [1.807, 2.05) is 60.7 Å². The Morgan fingerprint density at radius 3 is 1.58 bits per heavy atom. The number of fused-ring (bicyclic) bond motifs is 3. The summed E-state index contributed by atoms with van der Waals surface area (Å²) < 4.78 is 3.66. The Morgan fingerprint density at radius 2 is 0.895 bits per heavy atom. The summed E-state index contributed by atoms with van der Waals surface area (Å²) in [4.78, 5) is 15.2. The van der Waals surface area contributed by atoms with Gasteiger partial charge in [0.2, 0.25) is 0 Å². The molecule has 0 fully saturated rings. The van der Waals surface area contributed by atoms with E-state index in [1.54, 1.807) is 0 Å². The fourth-order valence-electron chi connectivity index (χ4n) is 7.89. The van der Waals surface area contributed by atoms with Crippen molar-refractivity contribution in [3.8, 4) is 73.2 Å². The first-order valence-electron chi connectivity index (χ1n) is 19.1. The SMILES string of the molecule is Cc1ccccc1-c1cccc(-c2ccc3c4ccccc4n(-c4cc(-c5nc(-c6ccccc6)nc(-c6ccccc6)n5)ccc4-c4ccccc4)c3c2)c1I. The van der Waals surface area contributed by atoms with Crippen molar-refractivity contribution >= 4 is 44.4 Å². The van der Waals surface area contributed by atoms with Crippen molar-refractivity contribution in [3.63, 3.8) is 0 Å². The van der Waals surface area contributed by atoms with Crippen LogP contribution in [0.3, 0.4) is 0 Å². The van der Waals surface area contributed by atoms with E-state index >= 15 is 0 Å². The van der Waals surface area contributed by atoms with E-state index in [4.69, 9.17) is 15.0 Å². The van der Waals surface area contributed by atoms with Crippen LogP contribution in [0.25, 0.3) is 95.0 Å². The molecule has 0 amide bonds. The summed E-state index contributed by atoms with van der Waals surface area (Å²) in [7, 11) is 0. The van der Waals surface area contributed by atoms with E-state index in [2.05, 4.69) is 168 Å². The average Bonchev–Trinajstić information content (AvgIpc) is 3.61. The van der Waals surface area contributed by atoms with E-state index in [9.17, 15) is 0 Å². The van der Waals surface area contributed by atoms with Gasteiger partial charge in [0.15, 0.2) is 17.5 Å². The molecule has 0 atom stereocenters. The molecule has 0 spiro atoms. The van der Waals surface area contributed by atoms with Crippen molar-refractivity contribution in [1.82, 2.24) is 19.5 Å². The van der Waals surface area contributed by atoms with Gasteiger partial charge < -0.3 is 4.57 Å². The molecule has 0 aliphatic rings. The van der Waals surface area contributed by atoms with Gasteiger partial charge in [-0.2, -0.15) is 0 Å². The minimum absolute atomic E-state index is 0.618. The highest BCUT2D eigenvalue weighted by molar-refractivity contribution is 14.1. The molecule has 5 heteroatoms. The van der Waals surface area contributed by atoms with Crippen molar-refractivity contribution in [2.45, 2.75) is 6.92 Å². The number of nitrogens with zero attached hydrogens (tertiary/aromatic N) is 4. The first-order chi connectivity index (χ1) is 28.1. The zero-order valence-corrected chi connectivity index (χ0v) is 33.3. The largest absolute Gasteiger partial charge is 0.309 e. The maximum Gasteiger partial charge on any atom is 0.164 e. The Labute approximate surface area is 345 Å². The van der Waals surface area contributed by atoms with E-state index < -0.39 is 0 Å². The number of aromatic nitrogens is 4. The summed E-state index contributed by atoms with van der Waals surface area (Å²) in [6.45, 7) is 2.18. The van der Waals surface area contributed by atoms with E-state index in [-0.39, 0.29) is 0 Å². The van der Waals surface area contributed by atoms with E-state index in [1.165, 1.54) is 42.2 Å². The van der Waals surface area contributed by atoms with E-state index in [0.29, 0.717) is 17.5 Å². The molecule has 0 N–H and O–H groups in total. The van der Waals surface area contributed by atoms with Gasteiger partial charge in [-0.15, -0.1) is 0 Å². The first kappa shape index (κ1) is 34.8. The second-order valence-corrected chi connectivity index (χ2v) is 15.3. The lowest BCUT2D eigenvalue weighted by atomic mass is 9.96. The standard InChI is InChI=1S/C52H35IN4/c1-34-16-11-12-23-40(34)45-26-15-25-42(49(45)53)38-28-31-44-43-24-13-14-27-46(43)57(48(44)32-38)47-33-39(29-30-41(47)35-17-5-2-6-18-35)52-55-50(36-19-7-3-8-20-36)54-51(56-52)37-21-9-4-10-22-37/h2-33H,1H3. The number of hydrogen-bond donors (Lipinski definition) is 0. The molecule has 0 saturated carbocycles. The predicted molar refractivity (Wildman–Crippen MR) is 244 cm³/mol. The van der Waals surface area contributed by atoms with Crippen LogP contribution < -0.4 is 0 Å². The monoisotopic (exact) mass is 842 g/mol. The molecule has 0 aliphatic heterocycles. The highest BCUT2D eigenvalue weighted by Crippen LogP contribution is 2.41. The maximum atomic E-state index is 5.12. The van der Waals surface area contributed by atoms with Gasteiger partial charge in [-0.1, -0.05) is 176 Å². The van der Waals surface area contributed by atoms with Crippen molar-refractivity contribution < 1.29 is 0 Å². The maximum absolute atomic E-state index is 5.12. The Hall–Kier alpha value is -6.70. The van der Waals surface area contributed by atoms with Crippen molar-refractivity contribution in [1.29, 1.82) is 0 Å². The van der Waals surface area contributed by atoms with Crippen LogP contribution in [0.1, 0.15) is 5.56 Å². The van der Waals surface area contributed by atoms with Crippen molar-refractivity contribution in [2.75, 3.05) is 0 Å². The Kier molecular flexibility index (Phi) is 9.00. The molecule has 0 bridgehead atoms. The number of aryl methyl sites for hydroxylation is 1. The Morgan fingerprint density at radius 1 is 0.368 bits per heavy atom. The fraction of sp³-hybridized carbons (Fsp3) is 0.0192. The summed E-state index contributed by atoms with van der Waals surface area (Å²) in [5.74, 6) is 1.89. The highest BCUT2D eigenvalue weighted by Gasteiger charge is 2.20. The third-order valence-electron chi connectivity index (χ3n) is 10.7. The van der Waals surface area contributed by atoms with E-state index in [0.717, 1.165) is 44.5 Å². The molecule has 270 valence electrons. The highest BCUT2D eigenvalue weighted by atomic mass is 127. The molecule has 57 heavy (non-hydrogen) atoms. The van der Waals surface area contributed by atoms with Gasteiger partial charge in [0, 0.05) is 36.6 Å². The van der Waals surface area contributed by atoms with Crippen LogP contribution in [0.4, 0.5) is 0 Å². The van der Waals surface area contributed by atoms with Crippen LogP contribution in [0.2, 0.25) is 0 Å². The molecular formula is C52H35IN4. The van der Waals surface area contributed by atoms with Gasteiger partial charge in [-0.25, -0.2) is 15.0 Å². The summed E-state index contributed by atoms with van der Waals surface area (Å²) in [5, 5.41) is 2.39. The predicted octanol–water partition coefficient (Wildman–Crippen LogP) is 13.9. The molecule has 0 unspecified atom stereocenters. The van der Waals surface area contributed by atoms with Crippen LogP contribution in [0.15, 0.2) is 194 Å². The molecule has 0 radical (unpaired) electrons. The average molecular weight is 843 g/mol. The third kappa shape index (κ3) is 6.40. The van der Waals surface area contributed by atoms with Gasteiger partial charge in [0.25, 0.3) is 0 Å². The number of hydrogen-bond acceptors (Lipinski definition) is 3. The summed E-state index contributed by atoms with van der Waals surface area (Å²) >= 11 is 2.53. The quantitative estimate of drug-likeness (QED) is 0.150. The van der Waals surface area contributed by atoms with Crippen LogP contribution >= 0.6 is 22.6 Å². The van der Waals surface area contributed by atoms with Crippen molar-refractivity contribution in [2.24, 2.45) is 0 Å². The molecule has 10 aromatic rings. The topological polar surface area (TPSA) is 43.6 Å². The smallest absolute Gasteiger partial charge is 0.164 e. The number of rotatable bonds is 7. The number of para-hydroxylation sites is 1. The summed E-state index contributed by atoms with van der Waals surface area (Å²) in [5.41, 5.74) is 14.5. The molecule has 8 aromatic carbocycles. The molecule has 2 aromatic heterocycles. The molecule has 10 rings (SSSR count). The van der Waals surface area contributed by atoms with Crippen LogP contribution in [-0.2, 0) is 0 Å².